The van der Waals surface area contributed by atoms with E-state index in [1.807, 2.05) is 72.7 Å². The molecule has 0 spiro atoms. The van der Waals surface area contributed by atoms with Crippen molar-refractivity contribution in [3.63, 3.8) is 0 Å². The van der Waals surface area contributed by atoms with E-state index in [2.05, 4.69) is 6.58 Å². The van der Waals surface area contributed by atoms with Crippen LogP contribution in [0.15, 0.2) is 42.7 Å². The molecule has 1 N–H and O–H groups in total. The molecule has 1 rings (SSSR count). The van der Waals surface area contributed by atoms with Gasteiger partial charge in [0.1, 0.15) is 11.5 Å². The Bertz CT molecular complexity index is 365. The Balaban J connectivity index is -0.000000425. The van der Waals surface area contributed by atoms with E-state index in [0.29, 0.717) is 5.57 Å². The molecule has 0 fully saturated rings. The predicted octanol–water partition coefficient (Wildman–Crippen LogP) is 6.25. The topological polar surface area (TPSA) is 29.5 Å². The van der Waals surface area contributed by atoms with Crippen LogP contribution in [0.4, 0.5) is 0 Å². The number of hydrogen-bond donors (Lipinski definition) is 1. The van der Waals surface area contributed by atoms with Crippen molar-refractivity contribution in [3.8, 4) is 5.75 Å². The number of para-hydroxylation sites is 1. The zero-order valence-corrected chi connectivity index (χ0v) is 14.4. The maximum atomic E-state index is 9.37. The molecule has 0 unspecified atom stereocenters. The fourth-order valence-electron chi connectivity index (χ4n) is 1.34. The summed E-state index contributed by atoms with van der Waals surface area (Å²) in [5.41, 5.74) is 1.55. The Morgan fingerprint density at radius 3 is 1.85 bits per heavy atom. The maximum absolute atomic E-state index is 9.37. The fraction of sp³-hybridized carbons (Fsp3) is 0.444. The molecule has 0 saturated heterocycles. The second kappa shape index (κ2) is 17.3. The summed E-state index contributed by atoms with van der Waals surface area (Å²) in [5.74, 6) is 0.785. The van der Waals surface area contributed by atoms with E-state index in [0.717, 1.165) is 11.3 Å². The Kier molecular flexibility index (Phi) is 20.2. The van der Waals surface area contributed by atoms with Gasteiger partial charge < -0.3 is 9.84 Å². The first kappa shape index (κ1) is 23.4. The number of rotatable bonds is 3. The molecule has 0 heterocycles. The van der Waals surface area contributed by atoms with Gasteiger partial charge in [-0.15, -0.1) is 0 Å². The van der Waals surface area contributed by atoms with Crippen molar-refractivity contribution in [2.75, 3.05) is 7.11 Å². The highest BCUT2D eigenvalue weighted by Gasteiger charge is 2.08. The fourth-order valence-corrected chi connectivity index (χ4v) is 1.34. The van der Waals surface area contributed by atoms with Crippen molar-refractivity contribution < 1.29 is 9.84 Å². The lowest BCUT2D eigenvalue weighted by Gasteiger charge is -2.10. The van der Waals surface area contributed by atoms with Gasteiger partial charge in [0.15, 0.2) is 0 Å². The first-order valence-electron chi connectivity index (χ1n) is 7.38. The smallest absolute Gasteiger partial charge is 0.126 e. The van der Waals surface area contributed by atoms with Crippen LogP contribution in [-0.2, 0) is 0 Å². The summed E-state index contributed by atoms with van der Waals surface area (Å²) in [6.45, 7) is 17.4. The summed E-state index contributed by atoms with van der Waals surface area (Å²) in [7, 11) is 1.60. The Hall–Kier alpha value is -1.70. The first-order chi connectivity index (χ1) is 9.70. The molecular weight excluding hydrogens is 248 g/mol. The van der Waals surface area contributed by atoms with Crippen LogP contribution in [0.25, 0.3) is 5.57 Å². The van der Waals surface area contributed by atoms with Crippen LogP contribution in [0.5, 0.6) is 5.75 Å². The highest BCUT2D eigenvalue weighted by molar-refractivity contribution is 5.79. The highest BCUT2D eigenvalue weighted by atomic mass is 16.5. The van der Waals surface area contributed by atoms with Crippen molar-refractivity contribution in [1.82, 2.24) is 0 Å². The van der Waals surface area contributed by atoms with E-state index in [1.54, 1.807) is 13.2 Å². The molecule has 116 valence electrons. The first-order valence-corrected chi connectivity index (χ1v) is 7.38. The number of hydrogen-bond acceptors (Lipinski definition) is 2. The normalized spacial score (nSPS) is 8.70. The molecule has 0 atom stereocenters. The van der Waals surface area contributed by atoms with Crippen LogP contribution in [0, 0.1) is 0 Å². The summed E-state index contributed by atoms with van der Waals surface area (Å²) in [5, 5.41) is 9.37. The molecule has 0 aliphatic rings. The van der Waals surface area contributed by atoms with Crippen LogP contribution >= 0.6 is 0 Å². The van der Waals surface area contributed by atoms with Crippen molar-refractivity contribution in [1.29, 1.82) is 0 Å². The minimum absolute atomic E-state index is 0.0528. The standard InChI is InChI=1S/C12H14O2.3C2H6/c1-4-10(9(2)13)11-7-5-6-8-12(11)14-3;3*1-2/h4-8,13H,2H2,1,3H3;3*1-2H3/b10-4+;;;. The molecule has 0 aliphatic carbocycles. The van der Waals surface area contributed by atoms with E-state index in [9.17, 15) is 5.11 Å². The number of ether oxygens (including phenoxy) is 1. The Morgan fingerprint density at radius 1 is 1.05 bits per heavy atom. The van der Waals surface area contributed by atoms with Crippen molar-refractivity contribution >= 4 is 5.57 Å². The SMILES string of the molecule is C=C(O)/C(=C\C)c1ccccc1OC.CC.CC.CC. The summed E-state index contributed by atoms with van der Waals surface area (Å²) < 4.78 is 5.19. The number of aliphatic hydroxyl groups is 1. The number of allylic oxidation sites excluding steroid dienone is 2. The third-order valence-corrected chi connectivity index (χ3v) is 2.00. The molecule has 0 bridgehead atoms. The van der Waals surface area contributed by atoms with Gasteiger partial charge in [-0.1, -0.05) is 72.4 Å². The molecule has 2 nitrogen and oxygen atoms in total. The molecule has 0 aliphatic heterocycles. The van der Waals surface area contributed by atoms with Crippen LogP contribution in [0.2, 0.25) is 0 Å². The lowest BCUT2D eigenvalue weighted by Crippen LogP contribution is -1.92. The van der Waals surface area contributed by atoms with Crippen LogP contribution in [0.1, 0.15) is 54.0 Å². The zero-order chi connectivity index (χ0) is 16.6. The van der Waals surface area contributed by atoms with Gasteiger partial charge >= 0.3 is 0 Å². The van der Waals surface area contributed by atoms with Crippen molar-refractivity contribution in [3.05, 3.63) is 48.2 Å². The largest absolute Gasteiger partial charge is 0.508 e. The predicted molar refractivity (Wildman–Crippen MR) is 92.5 cm³/mol. The van der Waals surface area contributed by atoms with Crippen LogP contribution in [-0.4, -0.2) is 12.2 Å². The third kappa shape index (κ3) is 8.41. The van der Waals surface area contributed by atoms with Gasteiger partial charge in [0.2, 0.25) is 0 Å². The molecule has 0 radical (unpaired) electrons. The summed E-state index contributed by atoms with van der Waals surface area (Å²) in [6.07, 6.45) is 1.81. The van der Waals surface area contributed by atoms with E-state index >= 15 is 0 Å². The van der Waals surface area contributed by atoms with E-state index in [4.69, 9.17) is 4.74 Å². The Morgan fingerprint density at radius 2 is 1.50 bits per heavy atom. The lowest BCUT2D eigenvalue weighted by molar-refractivity contribution is 0.411. The Labute approximate surface area is 125 Å². The van der Waals surface area contributed by atoms with E-state index < -0.39 is 0 Å². The second-order valence-corrected chi connectivity index (χ2v) is 2.85. The second-order valence-electron chi connectivity index (χ2n) is 2.85. The van der Waals surface area contributed by atoms with Gasteiger partial charge in [0.05, 0.1) is 7.11 Å². The third-order valence-electron chi connectivity index (χ3n) is 2.00. The highest BCUT2D eigenvalue weighted by Crippen LogP contribution is 2.28. The molecular formula is C18H32O2. The summed E-state index contributed by atoms with van der Waals surface area (Å²) in [6, 6.07) is 7.51. The van der Waals surface area contributed by atoms with Crippen LogP contribution < -0.4 is 4.74 Å². The molecule has 2 heteroatoms. The van der Waals surface area contributed by atoms with Crippen molar-refractivity contribution in [2.45, 2.75) is 48.5 Å². The van der Waals surface area contributed by atoms with Gasteiger partial charge in [-0.25, -0.2) is 0 Å². The van der Waals surface area contributed by atoms with Crippen molar-refractivity contribution in [2.24, 2.45) is 0 Å². The average molecular weight is 280 g/mol. The minimum Gasteiger partial charge on any atom is -0.508 e. The molecule has 20 heavy (non-hydrogen) atoms. The molecule has 1 aromatic carbocycles. The lowest BCUT2D eigenvalue weighted by atomic mass is 10.0. The van der Waals surface area contributed by atoms with Gasteiger partial charge in [0.25, 0.3) is 0 Å². The van der Waals surface area contributed by atoms with Gasteiger partial charge in [0, 0.05) is 11.1 Å². The van der Waals surface area contributed by atoms with E-state index in [-0.39, 0.29) is 5.76 Å². The van der Waals surface area contributed by atoms with Gasteiger partial charge in [-0.05, 0) is 13.0 Å². The van der Waals surface area contributed by atoms with Gasteiger partial charge in [-0.2, -0.15) is 0 Å². The number of benzene rings is 1. The average Bonchev–Trinajstić information content (AvgIpc) is 2.54. The van der Waals surface area contributed by atoms with Crippen LogP contribution in [0.3, 0.4) is 0 Å². The quantitative estimate of drug-likeness (QED) is 0.524. The minimum atomic E-state index is 0.0528. The number of aliphatic hydroxyl groups excluding tert-OH is 1. The van der Waals surface area contributed by atoms with Gasteiger partial charge in [-0.3, -0.25) is 0 Å². The summed E-state index contributed by atoms with van der Waals surface area (Å²) >= 11 is 0. The molecule has 0 aromatic heterocycles. The monoisotopic (exact) mass is 280 g/mol. The zero-order valence-electron chi connectivity index (χ0n) is 14.4. The molecule has 0 amide bonds. The molecule has 0 saturated carbocycles. The summed E-state index contributed by atoms with van der Waals surface area (Å²) in [4.78, 5) is 0. The maximum Gasteiger partial charge on any atom is 0.126 e. The number of methoxy groups -OCH3 is 1. The van der Waals surface area contributed by atoms with E-state index in [1.165, 1.54) is 0 Å². The molecule has 1 aromatic rings.